The summed E-state index contributed by atoms with van der Waals surface area (Å²) >= 11 is 7.13. The van der Waals surface area contributed by atoms with E-state index in [2.05, 4.69) is 45.0 Å². The summed E-state index contributed by atoms with van der Waals surface area (Å²) in [6.45, 7) is 7.58. The van der Waals surface area contributed by atoms with Crippen molar-refractivity contribution in [1.29, 1.82) is 0 Å². The number of hydrogen-bond acceptors (Lipinski definition) is 2. The van der Waals surface area contributed by atoms with E-state index in [9.17, 15) is 10.2 Å². The van der Waals surface area contributed by atoms with Crippen molar-refractivity contribution < 1.29 is 10.2 Å². The number of benzene rings is 3. The van der Waals surface area contributed by atoms with E-state index >= 15 is 0 Å². The normalized spacial score (nSPS) is 25.3. The van der Waals surface area contributed by atoms with E-state index in [1.165, 1.54) is 12.2 Å². The first-order chi connectivity index (χ1) is 11.4. The van der Waals surface area contributed by atoms with Gasteiger partial charge >= 0.3 is 0 Å². The van der Waals surface area contributed by atoms with Crippen molar-refractivity contribution in [2.45, 2.75) is 11.2 Å². The van der Waals surface area contributed by atoms with Crippen LogP contribution < -0.4 is 0 Å². The standard InChI is InChI=1S/C20H14Br2O2/c1-3-19(23)13-8-10-14(21)12-7-5-11-6-9-15(22)18(16(11)17(12)13)20(19,24)4-2/h3-10,23-24H,1-2H2. The molecule has 0 amide bonds. The van der Waals surface area contributed by atoms with Gasteiger partial charge < -0.3 is 10.2 Å². The van der Waals surface area contributed by atoms with Crippen LogP contribution in [0.2, 0.25) is 0 Å². The van der Waals surface area contributed by atoms with Crippen molar-refractivity contribution in [3.63, 3.8) is 0 Å². The quantitative estimate of drug-likeness (QED) is 0.416. The summed E-state index contributed by atoms with van der Waals surface area (Å²) in [6.07, 6.45) is 2.77. The van der Waals surface area contributed by atoms with Crippen molar-refractivity contribution in [3.8, 4) is 0 Å². The summed E-state index contributed by atoms with van der Waals surface area (Å²) < 4.78 is 1.65. The zero-order chi connectivity index (χ0) is 17.3. The van der Waals surface area contributed by atoms with Crippen LogP contribution in [0.25, 0.3) is 21.5 Å². The largest absolute Gasteiger partial charge is 0.377 e. The molecule has 0 saturated carbocycles. The average Bonchev–Trinajstić information content (AvgIpc) is 2.59. The molecule has 2 unspecified atom stereocenters. The number of hydrogen-bond donors (Lipinski definition) is 2. The first-order valence-corrected chi connectivity index (χ1v) is 9.04. The lowest BCUT2D eigenvalue weighted by Crippen LogP contribution is -2.48. The molecule has 3 aromatic rings. The van der Waals surface area contributed by atoms with Crippen LogP contribution in [0, 0.1) is 0 Å². The summed E-state index contributed by atoms with van der Waals surface area (Å²) in [7, 11) is 0. The van der Waals surface area contributed by atoms with Crippen LogP contribution in [0.1, 0.15) is 11.1 Å². The van der Waals surface area contributed by atoms with E-state index in [0.29, 0.717) is 11.1 Å². The van der Waals surface area contributed by atoms with Gasteiger partial charge in [0.25, 0.3) is 0 Å². The summed E-state index contributed by atoms with van der Waals surface area (Å²) in [6, 6.07) is 11.6. The molecule has 2 nitrogen and oxygen atoms in total. The van der Waals surface area contributed by atoms with Crippen molar-refractivity contribution in [2.75, 3.05) is 0 Å². The monoisotopic (exact) mass is 444 g/mol. The van der Waals surface area contributed by atoms with E-state index < -0.39 is 11.2 Å². The first kappa shape index (κ1) is 16.0. The Morgan fingerprint density at radius 2 is 1.42 bits per heavy atom. The molecule has 1 aliphatic carbocycles. The maximum atomic E-state index is 11.5. The minimum atomic E-state index is -1.69. The van der Waals surface area contributed by atoms with Crippen molar-refractivity contribution >= 4 is 53.4 Å². The van der Waals surface area contributed by atoms with Gasteiger partial charge in [0.15, 0.2) is 0 Å². The van der Waals surface area contributed by atoms with Gasteiger partial charge in [-0.25, -0.2) is 0 Å². The van der Waals surface area contributed by atoms with Crippen LogP contribution in [-0.2, 0) is 11.2 Å². The number of aliphatic hydroxyl groups is 2. The lowest BCUT2D eigenvalue weighted by atomic mass is 9.66. The Labute approximate surface area is 156 Å². The Balaban J connectivity index is 2.43. The Bertz CT molecular complexity index is 1060. The van der Waals surface area contributed by atoms with Crippen LogP contribution in [0.15, 0.2) is 70.7 Å². The molecule has 2 atom stereocenters. The maximum Gasteiger partial charge on any atom is 0.146 e. The minimum Gasteiger partial charge on any atom is -0.377 e. The third kappa shape index (κ3) is 1.67. The third-order valence-electron chi connectivity index (χ3n) is 5.02. The Hall–Kier alpha value is -1.46. The summed E-state index contributed by atoms with van der Waals surface area (Å²) in [4.78, 5) is 0. The van der Waals surface area contributed by atoms with Crippen LogP contribution in [0.3, 0.4) is 0 Å². The number of halogens is 2. The molecule has 0 bridgehead atoms. The molecular weight excluding hydrogens is 432 g/mol. The van der Waals surface area contributed by atoms with Gasteiger partial charge in [0.05, 0.1) is 0 Å². The Morgan fingerprint density at radius 3 is 2.08 bits per heavy atom. The Morgan fingerprint density at radius 1 is 0.792 bits per heavy atom. The molecular formula is C20H14Br2O2. The predicted octanol–water partition coefficient (Wildman–Crippen LogP) is 5.28. The van der Waals surface area contributed by atoms with Gasteiger partial charge in [-0.05, 0) is 39.2 Å². The lowest BCUT2D eigenvalue weighted by molar-refractivity contribution is -0.102. The van der Waals surface area contributed by atoms with Gasteiger partial charge in [0.1, 0.15) is 11.2 Å². The van der Waals surface area contributed by atoms with Crippen LogP contribution in [-0.4, -0.2) is 10.2 Å². The molecule has 2 N–H and O–H groups in total. The first-order valence-electron chi connectivity index (χ1n) is 7.45. The molecule has 4 heteroatoms. The fourth-order valence-corrected chi connectivity index (χ4v) is 4.91. The van der Waals surface area contributed by atoms with E-state index in [0.717, 1.165) is 30.5 Å². The molecule has 0 aromatic heterocycles. The van der Waals surface area contributed by atoms with Crippen LogP contribution in [0.5, 0.6) is 0 Å². The highest BCUT2D eigenvalue weighted by molar-refractivity contribution is 9.11. The van der Waals surface area contributed by atoms with Gasteiger partial charge in [-0.3, -0.25) is 0 Å². The van der Waals surface area contributed by atoms with Crippen molar-refractivity contribution in [2.24, 2.45) is 0 Å². The van der Waals surface area contributed by atoms with Crippen molar-refractivity contribution in [3.05, 3.63) is 81.8 Å². The molecule has 0 aliphatic heterocycles. The second-order valence-corrected chi connectivity index (χ2v) is 7.75. The second-order valence-electron chi connectivity index (χ2n) is 6.04. The van der Waals surface area contributed by atoms with Gasteiger partial charge in [0, 0.05) is 14.5 Å². The van der Waals surface area contributed by atoms with E-state index in [1.807, 2.05) is 36.4 Å². The van der Waals surface area contributed by atoms with Gasteiger partial charge in [-0.1, -0.05) is 81.4 Å². The molecule has 0 spiro atoms. The van der Waals surface area contributed by atoms with Crippen molar-refractivity contribution in [1.82, 2.24) is 0 Å². The molecule has 120 valence electrons. The van der Waals surface area contributed by atoms with Gasteiger partial charge in [-0.2, -0.15) is 0 Å². The second kappa shape index (κ2) is 5.02. The molecule has 3 aromatic carbocycles. The predicted molar refractivity (Wildman–Crippen MR) is 105 cm³/mol. The Kier molecular flexibility index (Phi) is 3.35. The average molecular weight is 446 g/mol. The van der Waals surface area contributed by atoms with Crippen LogP contribution in [0.4, 0.5) is 0 Å². The molecule has 0 fully saturated rings. The molecule has 1 aliphatic rings. The summed E-state index contributed by atoms with van der Waals surface area (Å²) in [5.74, 6) is 0. The lowest BCUT2D eigenvalue weighted by Gasteiger charge is -2.45. The molecule has 24 heavy (non-hydrogen) atoms. The fourth-order valence-electron chi connectivity index (χ4n) is 3.81. The molecule has 0 radical (unpaired) electrons. The zero-order valence-corrected chi connectivity index (χ0v) is 15.9. The highest BCUT2D eigenvalue weighted by Gasteiger charge is 2.53. The van der Waals surface area contributed by atoms with Gasteiger partial charge in [-0.15, -0.1) is 0 Å². The van der Waals surface area contributed by atoms with E-state index in [1.54, 1.807) is 0 Å². The maximum absolute atomic E-state index is 11.5. The molecule has 4 rings (SSSR count). The minimum absolute atomic E-state index is 0.605. The third-order valence-corrected chi connectivity index (χ3v) is 6.37. The SMILES string of the molecule is C=CC1(O)c2c(Br)ccc3ccc4c(Br)ccc(c4c23)C1(O)C=C. The van der Waals surface area contributed by atoms with E-state index in [-0.39, 0.29) is 0 Å². The topological polar surface area (TPSA) is 40.5 Å². The summed E-state index contributed by atoms with van der Waals surface area (Å²) in [5, 5.41) is 26.7. The summed E-state index contributed by atoms with van der Waals surface area (Å²) in [5.41, 5.74) is -2.15. The van der Waals surface area contributed by atoms with Crippen LogP contribution >= 0.6 is 31.9 Å². The van der Waals surface area contributed by atoms with Gasteiger partial charge in [0.2, 0.25) is 0 Å². The smallest absolute Gasteiger partial charge is 0.146 e. The van der Waals surface area contributed by atoms with E-state index in [4.69, 9.17) is 0 Å². The molecule has 0 heterocycles. The number of rotatable bonds is 2. The zero-order valence-electron chi connectivity index (χ0n) is 12.7. The fraction of sp³-hybridized carbons (Fsp3) is 0.100. The highest BCUT2D eigenvalue weighted by atomic mass is 79.9. The molecule has 0 saturated heterocycles. The highest BCUT2D eigenvalue weighted by Crippen LogP contribution is 2.55.